The highest BCUT2D eigenvalue weighted by Crippen LogP contribution is 2.30. The van der Waals surface area contributed by atoms with Gasteiger partial charge in [-0.2, -0.15) is 0 Å². The molecule has 0 radical (unpaired) electrons. The Bertz CT molecular complexity index is 164. The zero-order chi connectivity index (χ0) is 9.80. The maximum absolute atomic E-state index is 3.71. The maximum Gasteiger partial charge on any atom is 0.0110 e. The largest absolute Gasteiger partial charge is 0.317 e. The second kappa shape index (κ2) is 5.13. The lowest BCUT2D eigenvalue weighted by Crippen LogP contribution is -2.49. The number of hydrogen-bond acceptors (Lipinski definition) is 2. The lowest BCUT2D eigenvalue weighted by atomic mass is 9.77. The van der Waals surface area contributed by atoms with Crippen LogP contribution in [-0.2, 0) is 0 Å². The summed E-state index contributed by atoms with van der Waals surface area (Å²) >= 11 is 0. The van der Waals surface area contributed by atoms with Crippen molar-refractivity contribution in [3.8, 4) is 0 Å². The van der Waals surface area contributed by atoms with Crippen molar-refractivity contribution in [3.05, 3.63) is 0 Å². The van der Waals surface area contributed by atoms with Crippen LogP contribution in [0.15, 0.2) is 0 Å². The van der Waals surface area contributed by atoms with Gasteiger partial charge in [0.15, 0.2) is 0 Å². The molecule has 1 aliphatic heterocycles. The van der Waals surface area contributed by atoms with Crippen molar-refractivity contribution < 1.29 is 0 Å². The predicted octanol–water partition coefficient (Wildman–Crippen LogP) is 1.91. The van der Waals surface area contributed by atoms with Crippen LogP contribution in [0.5, 0.6) is 0 Å². The molecular weight excluding hydrogens is 172 g/mol. The van der Waals surface area contributed by atoms with Crippen molar-refractivity contribution in [1.82, 2.24) is 10.6 Å². The quantitative estimate of drug-likeness (QED) is 0.705. The van der Waals surface area contributed by atoms with E-state index in [0.717, 1.165) is 18.0 Å². The molecule has 0 amide bonds. The highest BCUT2D eigenvalue weighted by atomic mass is 15.0. The van der Waals surface area contributed by atoms with Crippen molar-refractivity contribution in [3.63, 3.8) is 0 Å². The van der Waals surface area contributed by atoms with E-state index in [-0.39, 0.29) is 0 Å². The van der Waals surface area contributed by atoms with Crippen molar-refractivity contribution in [1.29, 1.82) is 0 Å². The fourth-order valence-electron chi connectivity index (χ4n) is 3.24. The van der Waals surface area contributed by atoms with E-state index in [1.165, 1.54) is 51.5 Å². The molecule has 1 saturated heterocycles. The van der Waals surface area contributed by atoms with E-state index < -0.39 is 0 Å². The minimum Gasteiger partial charge on any atom is -0.317 e. The number of nitrogens with one attached hydrogen (secondary N) is 2. The summed E-state index contributed by atoms with van der Waals surface area (Å²) in [6.07, 6.45) is 9.92. The van der Waals surface area contributed by atoms with Crippen molar-refractivity contribution in [2.75, 3.05) is 13.6 Å². The summed E-state index contributed by atoms with van der Waals surface area (Å²) in [6.45, 7) is 1.25. The van der Waals surface area contributed by atoms with E-state index in [1.54, 1.807) is 0 Å². The van der Waals surface area contributed by atoms with Gasteiger partial charge in [-0.05, 0) is 45.2 Å². The molecule has 1 heterocycles. The van der Waals surface area contributed by atoms with Crippen molar-refractivity contribution in [2.24, 2.45) is 5.92 Å². The Kier molecular flexibility index (Phi) is 3.82. The van der Waals surface area contributed by atoms with E-state index in [4.69, 9.17) is 0 Å². The Morgan fingerprint density at radius 1 is 1.00 bits per heavy atom. The Balaban J connectivity index is 1.91. The van der Waals surface area contributed by atoms with Crippen LogP contribution in [-0.4, -0.2) is 25.7 Å². The van der Waals surface area contributed by atoms with Crippen molar-refractivity contribution in [2.45, 2.75) is 57.0 Å². The zero-order valence-corrected chi connectivity index (χ0v) is 9.39. The summed E-state index contributed by atoms with van der Waals surface area (Å²) < 4.78 is 0. The molecule has 0 spiro atoms. The molecule has 14 heavy (non-hydrogen) atoms. The molecule has 82 valence electrons. The minimum absolute atomic E-state index is 0.777. The number of piperidine rings is 1. The van der Waals surface area contributed by atoms with Gasteiger partial charge in [0.2, 0.25) is 0 Å². The number of rotatable bonds is 2. The van der Waals surface area contributed by atoms with Crippen molar-refractivity contribution >= 4 is 0 Å². The van der Waals surface area contributed by atoms with Gasteiger partial charge in [0, 0.05) is 12.1 Å². The molecule has 0 aromatic heterocycles. The predicted molar refractivity (Wildman–Crippen MR) is 60.4 cm³/mol. The molecule has 2 N–H and O–H groups in total. The van der Waals surface area contributed by atoms with Crippen LogP contribution in [0.4, 0.5) is 0 Å². The SMILES string of the molecule is CNC1CCCCC1C1CCCCN1. The summed E-state index contributed by atoms with van der Waals surface area (Å²) in [5, 5.41) is 7.22. The first kappa shape index (κ1) is 10.4. The normalized spacial score (nSPS) is 39.6. The second-order valence-corrected chi connectivity index (χ2v) is 4.90. The smallest absolute Gasteiger partial charge is 0.0110 e. The minimum atomic E-state index is 0.777. The van der Waals surface area contributed by atoms with E-state index in [0.29, 0.717) is 0 Å². The molecule has 3 unspecified atom stereocenters. The fourth-order valence-corrected chi connectivity index (χ4v) is 3.24. The molecule has 1 aliphatic carbocycles. The average Bonchev–Trinajstić information content (AvgIpc) is 2.30. The van der Waals surface area contributed by atoms with E-state index in [9.17, 15) is 0 Å². The molecule has 0 aromatic carbocycles. The Hall–Kier alpha value is -0.0800. The average molecular weight is 196 g/mol. The van der Waals surface area contributed by atoms with Gasteiger partial charge in [0.05, 0.1) is 0 Å². The van der Waals surface area contributed by atoms with Crippen LogP contribution >= 0.6 is 0 Å². The standard InChI is InChI=1S/C12H24N2/c1-13-11-7-3-2-6-10(11)12-8-4-5-9-14-12/h10-14H,2-9H2,1H3. The second-order valence-electron chi connectivity index (χ2n) is 4.90. The van der Waals surface area contributed by atoms with Crippen LogP contribution in [0.25, 0.3) is 0 Å². The molecule has 2 fully saturated rings. The van der Waals surface area contributed by atoms with Crippen LogP contribution in [0.1, 0.15) is 44.9 Å². The molecule has 2 rings (SSSR count). The molecule has 3 atom stereocenters. The van der Waals surface area contributed by atoms with Gasteiger partial charge in [-0.1, -0.05) is 19.3 Å². The Morgan fingerprint density at radius 2 is 1.79 bits per heavy atom. The topological polar surface area (TPSA) is 24.1 Å². The lowest BCUT2D eigenvalue weighted by Gasteiger charge is -2.39. The van der Waals surface area contributed by atoms with E-state index in [2.05, 4.69) is 17.7 Å². The highest BCUT2D eigenvalue weighted by Gasteiger charge is 2.31. The van der Waals surface area contributed by atoms with Gasteiger partial charge >= 0.3 is 0 Å². The van der Waals surface area contributed by atoms with Gasteiger partial charge in [0.25, 0.3) is 0 Å². The molecule has 2 heteroatoms. The van der Waals surface area contributed by atoms with Gasteiger partial charge < -0.3 is 10.6 Å². The van der Waals surface area contributed by atoms with Crippen LogP contribution in [0.2, 0.25) is 0 Å². The first-order chi connectivity index (χ1) is 6.92. The molecule has 0 bridgehead atoms. The van der Waals surface area contributed by atoms with Crippen LogP contribution in [0.3, 0.4) is 0 Å². The summed E-state index contributed by atoms with van der Waals surface area (Å²) in [6, 6.07) is 1.58. The molecule has 1 saturated carbocycles. The summed E-state index contributed by atoms with van der Waals surface area (Å²) in [7, 11) is 2.13. The van der Waals surface area contributed by atoms with E-state index in [1.807, 2.05) is 0 Å². The fraction of sp³-hybridized carbons (Fsp3) is 1.00. The zero-order valence-electron chi connectivity index (χ0n) is 9.39. The van der Waals surface area contributed by atoms with Crippen LogP contribution < -0.4 is 10.6 Å². The van der Waals surface area contributed by atoms with Gasteiger partial charge in [-0.25, -0.2) is 0 Å². The molecule has 2 aliphatic rings. The van der Waals surface area contributed by atoms with Crippen LogP contribution in [0, 0.1) is 5.92 Å². The Labute approximate surface area is 87.8 Å². The summed E-state index contributed by atoms with van der Waals surface area (Å²) in [5.74, 6) is 0.897. The monoisotopic (exact) mass is 196 g/mol. The molecular formula is C12H24N2. The third kappa shape index (κ3) is 2.29. The third-order valence-electron chi connectivity index (χ3n) is 4.06. The Morgan fingerprint density at radius 3 is 2.50 bits per heavy atom. The van der Waals surface area contributed by atoms with E-state index >= 15 is 0 Å². The lowest BCUT2D eigenvalue weighted by molar-refractivity contribution is 0.188. The summed E-state index contributed by atoms with van der Waals surface area (Å²) in [5.41, 5.74) is 0. The van der Waals surface area contributed by atoms with Gasteiger partial charge in [-0.15, -0.1) is 0 Å². The maximum atomic E-state index is 3.71. The third-order valence-corrected chi connectivity index (χ3v) is 4.06. The van der Waals surface area contributed by atoms with Gasteiger partial charge in [0.1, 0.15) is 0 Å². The summed E-state index contributed by atoms with van der Waals surface area (Å²) in [4.78, 5) is 0. The first-order valence-corrected chi connectivity index (χ1v) is 6.32. The number of hydrogen-bond donors (Lipinski definition) is 2. The molecule has 0 aromatic rings. The first-order valence-electron chi connectivity index (χ1n) is 6.32. The van der Waals surface area contributed by atoms with Gasteiger partial charge in [-0.3, -0.25) is 0 Å². The molecule has 2 nitrogen and oxygen atoms in total. The highest BCUT2D eigenvalue weighted by molar-refractivity contribution is 4.89.